The van der Waals surface area contributed by atoms with E-state index in [0.717, 1.165) is 37.7 Å². The molecular formula is C14H15FN4. The number of anilines is 2. The van der Waals surface area contributed by atoms with Crippen LogP contribution >= 0.6 is 0 Å². The average Bonchev–Trinajstić information content (AvgIpc) is 2.48. The van der Waals surface area contributed by atoms with E-state index in [1.165, 1.54) is 12.3 Å². The van der Waals surface area contributed by atoms with Crippen molar-refractivity contribution in [3.05, 3.63) is 48.7 Å². The van der Waals surface area contributed by atoms with Crippen molar-refractivity contribution < 1.29 is 4.39 Å². The summed E-state index contributed by atoms with van der Waals surface area (Å²) in [7, 11) is 0. The van der Waals surface area contributed by atoms with Crippen LogP contribution < -0.4 is 9.80 Å². The first kappa shape index (κ1) is 11.9. The number of hydrogen-bond acceptors (Lipinski definition) is 4. The number of halogens is 1. The van der Waals surface area contributed by atoms with Gasteiger partial charge < -0.3 is 9.80 Å². The zero-order valence-electron chi connectivity index (χ0n) is 10.5. The third-order valence-electron chi connectivity index (χ3n) is 3.33. The molecule has 2 aromatic rings. The van der Waals surface area contributed by atoms with Gasteiger partial charge in [0.2, 0.25) is 5.95 Å². The van der Waals surface area contributed by atoms with Crippen LogP contribution in [-0.2, 0) is 0 Å². The maximum absolute atomic E-state index is 13.1. The lowest BCUT2D eigenvalue weighted by Gasteiger charge is -2.36. The summed E-state index contributed by atoms with van der Waals surface area (Å²) in [4.78, 5) is 12.4. The molecule has 0 aliphatic carbocycles. The molecule has 0 atom stereocenters. The maximum Gasteiger partial charge on any atom is 0.214 e. The molecule has 19 heavy (non-hydrogen) atoms. The molecule has 3 heterocycles. The van der Waals surface area contributed by atoms with Crippen LogP contribution in [0.1, 0.15) is 0 Å². The Kier molecular flexibility index (Phi) is 3.27. The molecule has 0 N–H and O–H groups in total. The second-order valence-corrected chi connectivity index (χ2v) is 4.50. The highest BCUT2D eigenvalue weighted by molar-refractivity contribution is 5.48. The number of pyridine rings is 2. The summed E-state index contributed by atoms with van der Waals surface area (Å²) in [6.07, 6.45) is 3.32. The van der Waals surface area contributed by atoms with E-state index in [4.69, 9.17) is 0 Å². The van der Waals surface area contributed by atoms with Gasteiger partial charge in [0.1, 0.15) is 5.82 Å². The molecule has 0 radical (unpaired) electrons. The number of nitrogens with zero attached hydrogens (tertiary/aromatic N) is 4. The molecule has 0 bridgehead atoms. The Morgan fingerprint density at radius 1 is 0.895 bits per heavy atom. The van der Waals surface area contributed by atoms with Crippen molar-refractivity contribution in [2.45, 2.75) is 0 Å². The predicted molar refractivity (Wildman–Crippen MR) is 72.9 cm³/mol. The molecule has 0 saturated carbocycles. The van der Waals surface area contributed by atoms with Gasteiger partial charge in [-0.05, 0) is 18.2 Å². The van der Waals surface area contributed by atoms with Gasteiger partial charge in [-0.3, -0.25) is 0 Å². The van der Waals surface area contributed by atoms with E-state index in [-0.39, 0.29) is 0 Å². The highest BCUT2D eigenvalue weighted by atomic mass is 19.1. The molecule has 2 aromatic heterocycles. The lowest BCUT2D eigenvalue weighted by molar-refractivity contribution is 0.580. The summed E-state index contributed by atoms with van der Waals surface area (Å²) in [5.74, 6) is 0.577. The summed E-state index contributed by atoms with van der Waals surface area (Å²) < 4.78 is 13.1. The quantitative estimate of drug-likeness (QED) is 0.771. The number of piperazine rings is 1. The summed E-state index contributed by atoms with van der Waals surface area (Å²) in [5, 5.41) is 0. The van der Waals surface area contributed by atoms with E-state index in [1.807, 2.05) is 24.3 Å². The molecule has 1 aliphatic heterocycles. The van der Waals surface area contributed by atoms with Gasteiger partial charge in [0.05, 0.1) is 0 Å². The average molecular weight is 258 g/mol. The van der Waals surface area contributed by atoms with E-state index in [9.17, 15) is 4.39 Å². The zero-order valence-corrected chi connectivity index (χ0v) is 10.5. The minimum Gasteiger partial charge on any atom is -0.368 e. The van der Waals surface area contributed by atoms with Crippen molar-refractivity contribution in [1.29, 1.82) is 0 Å². The molecular weight excluding hydrogens is 243 g/mol. The topological polar surface area (TPSA) is 32.3 Å². The standard InChI is InChI=1S/C14H15FN4/c15-13-11-12(4-6-16-13)18-7-9-19(10-8-18)14-3-1-2-5-17-14/h1-6,11H,7-10H2. The number of rotatable bonds is 2. The Labute approximate surface area is 111 Å². The van der Waals surface area contributed by atoms with E-state index in [0.29, 0.717) is 0 Å². The van der Waals surface area contributed by atoms with E-state index in [1.54, 1.807) is 6.20 Å². The highest BCUT2D eigenvalue weighted by Gasteiger charge is 2.18. The Balaban J connectivity index is 1.67. The fourth-order valence-electron chi connectivity index (χ4n) is 2.32. The number of aromatic nitrogens is 2. The van der Waals surface area contributed by atoms with E-state index < -0.39 is 5.95 Å². The molecule has 5 heteroatoms. The smallest absolute Gasteiger partial charge is 0.214 e. The van der Waals surface area contributed by atoms with Crippen LogP contribution in [0, 0.1) is 5.95 Å². The molecule has 1 saturated heterocycles. The molecule has 0 aromatic carbocycles. The lowest BCUT2D eigenvalue weighted by atomic mass is 10.2. The maximum atomic E-state index is 13.1. The second-order valence-electron chi connectivity index (χ2n) is 4.50. The van der Waals surface area contributed by atoms with Gasteiger partial charge in [-0.2, -0.15) is 4.39 Å². The Morgan fingerprint density at radius 3 is 2.37 bits per heavy atom. The monoisotopic (exact) mass is 258 g/mol. The van der Waals surface area contributed by atoms with Crippen LogP contribution in [0.25, 0.3) is 0 Å². The van der Waals surface area contributed by atoms with Crippen molar-refractivity contribution in [3.8, 4) is 0 Å². The normalized spacial score (nSPS) is 15.6. The lowest BCUT2D eigenvalue weighted by Crippen LogP contribution is -2.46. The van der Waals surface area contributed by atoms with Crippen LogP contribution in [0.2, 0.25) is 0 Å². The summed E-state index contributed by atoms with van der Waals surface area (Å²) >= 11 is 0. The first-order valence-corrected chi connectivity index (χ1v) is 6.35. The van der Waals surface area contributed by atoms with E-state index in [2.05, 4.69) is 19.8 Å². The minimum absolute atomic E-state index is 0.426. The Bertz CT molecular complexity index is 538. The van der Waals surface area contributed by atoms with Crippen LogP contribution in [-0.4, -0.2) is 36.1 Å². The molecule has 4 nitrogen and oxygen atoms in total. The molecule has 1 fully saturated rings. The third-order valence-corrected chi connectivity index (χ3v) is 3.33. The third kappa shape index (κ3) is 2.65. The van der Waals surface area contributed by atoms with Crippen molar-refractivity contribution in [1.82, 2.24) is 9.97 Å². The minimum atomic E-state index is -0.426. The van der Waals surface area contributed by atoms with Crippen LogP contribution in [0.5, 0.6) is 0 Å². The summed E-state index contributed by atoms with van der Waals surface area (Å²) in [6, 6.07) is 9.25. The highest BCUT2D eigenvalue weighted by Crippen LogP contribution is 2.18. The SMILES string of the molecule is Fc1cc(N2CCN(c3ccccn3)CC2)ccn1. The molecule has 0 unspecified atom stereocenters. The largest absolute Gasteiger partial charge is 0.368 e. The van der Waals surface area contributed by atoms with Crippen molar-refractivity contribution >= 4 is 11.5 Å². The fraction of sp³-hybridized carbons (Fsp3) is 0.286. The van der Waals surface area contributed by atoms with Crippen LogP contribution in [0.3, 0.4) is 0 Å². The summed E-state index contributed by atoms with van der Waals surface area (Å²) in [5.41, 5.74) is 0.896. The predicted octanol–water partition coefficient (Wildman–Crippen LogP) is 1.94. The van der Waals surface area contributed by atoms with Gasteiger partial charge in [0.25, 0.3) is 0 Å². The molecule has 1 aliphatic rings. The van der Waals surface area contributed by atoms with Gasteiger partial charge in [0.15, 0.2) is 0 Å². The van der Waals surface area contributed by atoms with Crippen LogP contribution in [0.4, 0.5) is 15.9 Å². The van der Waals surface area contributed by atoms with Crippen molar-refractivity contribution in [2.75, 3.05) is 36.0 Å². The first-order chi connectivity index (χ1) is 9.33. The number of hydrogen-bond donors (Lipinski definition) is 0. The zero-order chi connectivity index (χ0) is 13.1. The molecule has 0 amide bonds. The van der Waals surface area contributed by atoms with Gasteiger partial charge >= 0.3 is 0 Å². The second kappa shape index (κ2) is 5.22. The van der Waals surface area contributed by atoms with Gasteiger partial charge in [-0.1, -0.05) is 6.07 Å². The molecule has 98 valence electrons. The van der Waals surface area contributed by atoms with E-state index >= 15 is 0 Å². The Hall–Kier alpha value is -2.17. The van der Waals surface area contributed by atoms with Gasteiger partial charge in [-0.15, -0.1) is 0 Å². The Morgan fingerprint density at radius 2 is 1.68 bits per heavy atom. The van der Waals surface area contributed by atoms with Crippen molar-refractivity contribution in [2.24, 2.45) is 0 Å². The van der Waals surface area contributed by atoms with Crippen molar-refractivity contribution in [3.63, 3.8) is 0 Å². The molecule has 3 rings (SSSR count). The summed E-state index contributed by atoms with van der Waals surface area (Å²) in [6.45, 7) is 3.50. The van der Waals surface area contributed by atoms with Gasteiger partial charge in [-0.25, -0.2) is 9.97 Å². The fourth-order valence-corrected chi connectivity index (χ4v) is 2.32. The van der Waals surface area contributed by atoms with Gasteiger partial charge in [0, 0.05) is 50.3 Å². The molecule has 0 spiro atoms. The first-order valence-electron chi connectivity index (χ1n) is 6.35. The van der Waals surface area contributed by atoms with Crippen LogP contribution in [0.15, 0.2) is 42.7 Å².